The molecule has 0 aromatic heterocycles. The smallest absolute Gasteiger partial charge is 0.305 e. The third kappa shape index (κ3) is 5.66. The van der Waals surface area contributed by atoms with Crippen molar-refractivity contribution in [3.8, 4) is 0 Å². The van der Waals surface area contributed by atoms with E-state index in [2.05, 4.69) is 10.6 Å². The van der Waals surface area contributed by atoms with Crippen molar-refractivity contribution in [3.05, 3.63) is 35.9 Å². The number of carbonyl (C=O) groups is 3. The highest BCUT2D eigenvalue weighted by molar-refractivity contribution is 5.86. The van der Waals surface area contributed by atoms with Crippen LogP contribution in [0.25, 0.3) is 0 Å². The zero-order valence-electron chi connectivity index (χ0n) is 13.4. The van der Waals surface area contributed by atoms with Crippen molar-refractivity contribution < 1.29 is 24.2 Å². The average molecular weight is 334 g/mol. The Morgan fingerprint density at radius 3 is 2.38 bits per heavy atom. The summed E-state index contributed by atoms with van der Waals surface area (Å²) in [4.78, 5) is 35.0. The monoisotopic (exact) mass is 334 g/mol. The first-order valence-electron chi connectivity index (χ1n) is 7.90. The lowest BCUT2D eigenvalue weighted by Gasteiger charge is -2.36. The summed E-state index contributed by atoms with van der Waals surface area (Å²) >= 11 is 0. The van der Waals surface area contributed by atoms with Gasteiger partial charge in [0.1, 0.15) is 0 Å². The molecule has 130 valence electrons. The van der Waals surface area contributed by atoms with Gasteiger partial charge in [0.05, 0.1) is 24.9 Å². The Morgan fingerprint density at radius 2 is 1.75 bits per heavy atom. The van der Waals surface area contributed by atoms with Gasteiger partial charge >= 0.3 is 5.97 Å². The van der Waals surface area contributed by atoms with Gasteiger partial charge in [-0.1, -0.05) is 30.3 Å². The van der Waals surface area contributed by atoms with Gasteiger partial charge in [-0.25, -0.2) is 0 Å². The van der Waals surface area contributed by atoms with Crippen LogP contribution in [0.1, 0.15) is 24.8 Å². The van der Waals surface area contributed by atoms with E-state index in [0.29, 0.717) is 26.1 Å². The maximum Gasteiger partial charge on any atom is 0.305 e. The van der Waals surface area contributed by atoms with Crippen molar-refractivity contribution in [1.29, 1.82) is 0 Å². The molecule has 1 saturated heterocycles. The highest BCUT2D eigenvalue weighted by Gasteiger charge is 2.36. The number of carboxylic acids is 1. The van der Waals surface area contributed by atoms with Gasteiger partial charge in [0, 0.05) is 13.2 Å². The second kappa shape index (κ2) is 8.44. The highest BCUT2D eigenvalue weighted by atomic mass is 16.5. The standard InChI is InChI=1S/C17H22N2O5/c20-14(10-13-4-2-1-3-5-13)18-12-15(21)19-17(11-16(22)23)6-8-24-9-7-17/h1-5H,6-12H2,(H,18,20)(H,19,21)(H,22,23). The molecule has 0 bridgehead atoms. The second-order valence-corrected chi connectivity index (χ2v) is 5.95. The SMILES string of the molecule is O=C(O)CC1(NC(=O)CNC(=O)Cc2ccccc2)CCOCC1. The van der Waals surface area contributed by atoms with E-state index in [0.717, 1.165) is 5.56 Å². The molecule has 0 aliphatic carbocycles. The fourth-order valence-electron chi connectivity index (χ4n) is 2.76. The molecule has 1 heterocycles. The summed E-state index contributed by atoms with van der Waals surface area (Å²) in [5.41, 5.74) is 0.0629. The maximum atomic E-state index is 12.1. The number of amides is 2. The lowest BCUT2D eigenvalue weighted by molar-refractivity contribution is -0.140. The van der Waals surface area contributed by atoms with E-state index in [1.54, 1.807) is 0 Å². The minimum Gasteiger partial charge on any atom is -0.481 e. The predicted molar refractivity (Wildman–Crippen MR) is 86.3 cm³/mol. The Labute approximate surface area is 140 Å². The van der Waals surface area contributed by atoms with E-state index in [1.165, 1.54) is 0 Å². The van der Waals surface area contributed by atoms with Crippen LogP contribution in [-0.4, -0.2) is 48.2 Å². The molecule has 2 amide bonds. The van der Waals surface area contributed by atoms with Gasteiger partial charge in [-0.15, -0.1) is 0 Å². The molecule has 7 nitrogen and oxygen atoms in total. The van der Waals surface area contributed by atoms with Gasteiger partial charge in [-0.05, 0) is 18.4 Å². The zero-order valence-corrected chi connectivity index (χ0v) is 13.4. The van der Waals surface area contributed by atoms with Crippen LogP contribution in [0, 0.1) is 0 Å². The van der Waals surface area contributed by atoms with Gasteiger partial charge < -0.3 is 20.5 Å². The van der Waals surface area contributed by atoms with Crippen LogP contribution in [0.4, 0.5) is 0 Å². The number of rotatable bonds is 7. The van der Waals surface area contributed by atoms with Gasteiger partial charge in [0.2, 0.25) is 11.8 Å². The Bertz CT molecular complexity index is 582. The maximum absolute atomic E-state index is 12.1. The molecule has 0 radical (unpaired) electrons. The first-order valence-corrected chi connectivity index (χ1v) is 7.90. The normalized spacial score (nSPS) is 16.2. The summed E-state index contributed by atoms with van der Waals surface area (Å²) in [5.74, 6) is -1.61. The van der Waals surface area contributed by atoms with Crippen LogP contribution >= 0.6 is 0 Å². The van der Waals surface area contributed by atoms with Gasteiger partial charge in [-0.2, -0.15) is 0 Å². The molecule has 1 aromatic carbocycles. The van der Waals surface area contributed by atoms with E-state index in [-0.39, 0.29) is 31.2 Å². The molecule has 1 aliphatic rings. The highest BCUT2D eigenvalue weighted by Crippen LogP contribution is 2.24. The number of hydrogen-bond acceptors (Lipinski definition) is 4. The lowest BCUT2D eigenvalue weighted by atomic mass is 9.86. The first-order chi connectivity index (χ1) is 11.5. The van der Waals surface area contributed by atoms with Crippen molar-refractivity contribution in [3.63, 3.8) is 0 Å². The minimum absolute atomic E-state index is 0.153. The molecule has 7 heteroatoms. The molecule has 1 aliphatic heterocycles. The molecule has 1 aromatic rings. The Hall–Kier alpha value is -2.41. The Morgan fingerprint density at radius 1 is 1.08 bits per heavy atom. The summed E-state index contributed by atoms with van der Waals surface area (Å²) in [6.07, 6.45) is 0.939. The third-order valence-corrected chi connectivity index (χ3v) is 4.00. The number of carboxylic acid groups (broad SMARTS) is 1. The van der Waals surface area contributed by atoms with E-state index in [1.807, 2.05) is 30.3 Å². The number of aliphatic carboxylic acids is 1. The van der Waals surface area contributed by atoms with Crippen molar-refractivity contribution in [2.75, 3.05) is 19.8 Å². The van der Waals surface area contributed by atoms with Crippen LogP contribution in [0.2, 0.25) is 0 Å². The van der Waals surface area contributed by atoms with Crippen molar-refractivity contribution in [2.24, 2.45) is 0 Å². The Balaban J connectivity index is 1.82. The largest absolute Gasteiger partial charge is 0.481 e. The molecule has 3 N–H and O–H groups in total. The zero-order chi connectivity index (χ0) is 17.4. The van der Waals surface area contributed by atoms with Crippen molar-refractivity contribution >= 4 is 17.8 Å². The van der Waals surface area contributed by atoms with Gasteiger partial charge in [0.25, 0.3) is 0 Å². The fourth-order valence-corrected chi connectivity index (χ4v) is 2.76. The quantitative estimate of drug-likeness (QED) is 0.673. The molecule has 0 atom stereocenters. The fraction of sp³-hybridized carbons (Fsp3) is 0.471. The molecular weight excluding hydrogens is 312 g/mol. The van der Waals surface area contributed by atoms with Crippen LogP contribution in [0.5, 0.6) is 0 Å². The number of carbonyl (C=O) groups excluding carboxylic acids is 2. The van der Waals surface area contributed by atoms with Crippen LogP contribution in [-0.2, 0) is 25.5 Å². The predicted octanol–water partition coefficient (Wildman–Crippen LogP) is 0.485. The molecule has 1 fully saturated rings. The van der Waals surface area contributed by atoms with Crippen LogP contribution in [0.15, 0.2) is 30.3 Å². The Kier molecular flexibility index (Phi) is 6.31. The summed E-state index contributed by atoms with van der Waals surface area (Å²) in [6, 6.07) is 9.23. The molecule has 0 spiro atoms. The summed E-state index contributed by atoms with van der Waals surface area (Å²) in [6.45, 7) is 0.649. The summed E-state index contributed by atoms with van der Waals surface area (Å²) in [5, 5.41) is 14.4. The molecule has 24 heavy (non-hydrogen) atoms. The van der Waals surface area contributed by atoms with Crippen molar-refractivity contribution in [1.82, 2.24) is 10.6 Å². The molecule has 0 unspecified atom stereocenters. The number of ether oxygens (including phenoxy) is 1. The summed E-state index contributed by atoms with van der Waals surface area (Å²) < 4.78 is 5.24. The molecular formula is C17H22N2O5. The van der Waals surface area contributed by atoms with E-state index < -0.39 is 11.5 Å². The molecule has 0 saturated carbocycles. The summed E-state index contributed by atoms with van der Waals surface area (Å²) in [7, 11) is 0. The van der Waals surface area contributed by atoms with E-state index >= 15 is 0 Å². The second-order valence-electron chi connectivity index (χ2n) is 5.95. The van der Waals surface area contributed by atoms with E-state index in [4.69, 9.17) is 9.84 Å². The number of nitrogens with one attached hydrogen (secondary N) is 2. The minimum atomic E-state index is -0.967. The first kappa shape index (κ1) is 17.9. The van der Waals surface area contributed by atoms with Gasteiger partial charge in [-0.3, -0.25) is 14.4 Å². The molecule has 2 rings (SSSR count). The topological polar surface area (TPSA) is 105 Å². The number of hydrogen-bond donors (Lipinski definition) is 3. The number of benzene rings is 1. The third-order valence-electron chi connectivity index (χ3n) is 4.00. The lowest BCUT2D eigenvalue weighted by Crippen LogP contribution is -2.55. The van der Waals surface area contributed by atoms with E-state index in [9.17, 15) is 14.4 Å². The van der Waals surface area contributed by atoms with Crippen molar-refractivity contribution in [2.45, 2.75) is 31.2 Å². The average Bonchev–Trinajstić information content (AvgIpc) is 2.54. The van der Waals surface area contributed by atoms with Crippen LogP contribution in [0.3, 0.4) is 0 Å². The van der Waals surface area contributed by atoms with Gasteiger partial charge in [0.15, 0.2) is 0 Å². The van der Waals surface area contributed by atoms with Crippen LogP contribution < -0.4 is 10.6 Å².